The van der Waals surface area contributed by atoms with E-state index in [-0.39, 0.29) is 69.3 Å². The molecule has 3 rings (SSSR count). The predicted molar refractivity (Wildman–Crippen MR) is 120 cm³/mol. The second-order valence-electron chi connectivity index (χ2n) is 8.64. The number of amides is 1. The predicted octanol–water partition coefficient (Wildman–Crippen LogP) is 0.418. The zero-order valence-corrected chi connectivity index (χ0v) is 22.7. The number of likely N-dealkylation sites (tertiary alicyclic amines) is 1. The number of aryl methyl sites for hydroxylation is 1. The first-order chi connectivity index (χ1) is 14.1. The van der Waals surface area contributed by atoms with E-state index >= 15 is 0 Å². The second kappa shape index (κ2) is 10.9. The van der Waals surface area contributed by atoms with Gasteiger partial charge in [-0.2, -0.15) is 11.6 Å². The molecule has 8 heteroatoms. The molecule has 1 saturated heterocycles. The quantitative estimate of drug-likeness (QED) is 0.280. The molecule has 1 aromatic heterocycles. The van der Waals surface area contributed by atoms with Crippen LogP contribution in [0.25, 0.3) is 0 Å². The smallest absolute Gasteiger partial charge is 0.560 e. The molecule has 0 bridgehead atoms. The minimum Gasteiger partial charge on any atom is -0.560 e. The van der Waals surface area contributed by atoms with E-state index in [1.807, 2.05) is 37.3 Å². The maximum atomic E-state index is 12.7. The molecule has 0 aliphatic carbocycles. The van der Waals surface area contributed by atoms with Crippen molar-refractivity contribution in [3.63, 3.8) is 0 Å². The van der Waals surface area contributed by atoms with Crippen LogP contribution in [0.2, 0.25) is 0 Å². The van der Waals surface area contributed by atoms with E-state index in [0.717, 1.165) is 33.7 Å². The summed E-state index contributed by atoms with van der Waals surface area (Å²) in [5, 5.41) is 10.6. The summed E-state index contributed by atoms with van der Waals surface area (Å²) in [4.78, 5) is 17.1. The first-order valence-corrected chi connectivity index (χ1v) is 10.2. The van der Waals surface area contributed by atoms with Gasteiger partial charge in [0.2, 0.25) is 0 Å². The number of anilines is 1. The Balaban J connectivity index is 0.00000341. The van der Waals surface area contributed by atoms with Crippen LogP contribution in [0.4, 0.5) is 5.69 Å². The van der Waals surface area contributed by atoms with Crippen LogP contribution in [0, 0.1) is 12.7 Å². The first kappa shape index (κ1) is 25.8. The van der Waals surface area contributed by atoms with Gasteiger partial charge in [0, 0.05) is 32.9 Å². The SMILES string of the molecule is CC(C)c1cc(C(=O)Nc2cccc(C(C)N[C-]=CN=C3[CH-][N+](C)(C)C3)c2)n(C)n1.[K+]. The molecule has 1 aliphatic rings. The van der Waals surface area contributed by atoms with Gasteiger partial charge in [-0.3, -0.25) is 9.48 Å². The second-order valence-corrected chi connectivity index (χ2v) is 8.64. The zero-order chi connectivity index (χ0) is 21.9. The molecule has 2 heterocycles. The fraction of sp³-hybridized carbons (Fsp3) is 0.391. The van der Waals surface area contributed by atoms with Gasteiger partial charge in [-0.05, 0) is 42.3 Å². The number of nitrogens with one attached hydrogen (secondary N) is 2. The van der Waals surface area contributed by atoms with Gasteiger partial charge in [-0.25, -0.2) is 0 Å². The van der Waals surface area contributed by atoms with Crippen molar-refractivity contribution < 1.29 is 60.7 Å². The number of aliphatic imine (C=N–C) groups is 1. The Labute approximate surface area is 228 Å². The molecule has 2 N–H and O–H groups in total. The number of nitrogens with zero attached hydrogens (tertiary/aromatic N) is 4. The molecule has 2 aromatic rings. The fourth-order valence-corrected chi connectivity index (χ4v) is 3.29. The molecule has 0 saturated carbocycles. The van der Waals surface area contributed by atoms with E-state index in [2.05, 4.69) is 61.4 Å². The molecule has 1 atom stereocenters. The third-order valence-electron chi connectivity index (χ3n) is 5.03. The summed E-state index contributed by atoms with van der Waals surface area (Å²) in [6.07, 6.45) is 4.70. The summed E-state index contributed by atoms with van der Waals surface area (Å²) in [5.41, 5.74) is 4.30. The van der Waals surface area contributed by atoms with E-state index in [1.54, 1.807) is 17.9 Å². The number of benzene rings is 1. The van der Waals surface area contributed by atoms with Gasteiger partial charge in [0.1, 0.15) is 5.69 Å². The molecule has 1 aromatic carbocycles. The van der Waals surface area contributed by atoms with Crippen molar-refractivity contribution in [1.29, 1.82) is 0 Å². The summed E-state index contributed by atoms with van der Waals surface area (Å²) >= 11 is 0. The third kappa shape index (κ3) is 7.03. The molecular formula is C23H31KN6O. The van der Waals surface area contributed by atoms with Crippen LogP contribution < -0.4 is 62.0 Å². The number of carbonyl (C=O) groups is 1. The van der Waals surface area contributed by atoms with Crippen LogP contribution >= 0.6 is 0 Å². The maximum absolute atomic E-state index is 12.7. The van der Waals surface area contributed by atoms with Crippen molar-refractivity contribution in [1.82, 2.24) is 15.1 Å². The van der Waals surface area contributed by atoms with E-state index in [0.29, 0.717) is 5.69 Å². The Kier molecular flexibility index (Phi) is 9.11. The fourth-order valence-electron chi connectivity index (χ4n) is 3.29. The molecular weight excluding hydrogens is 415 g/mol. The summed E-state index contributed by atoms with van der Waals surface area (Å²) in [5.74, 6) is 0.102. The monoisotopic (exact) mass is 446 g/mol. The summed E-state index contributed by atoms with van der Waals surface area (Å²) < 4.78 is 2.49. The van der Waals surface area contributed by atoms with Crippen LogP contribution in [0.1, 0.15) is 54.5 Å². The summed E-state index contributed by atoms with van der Waals surface area (Å²) in [6, 6.07) is 9.66. The Bertz CT molecular complexity index is 966. The van der Waals surface area contributed by atoms with E-state index < -0.39 is 0 Å². The van der Waals surface area contributed by atoms with Crippen LogP contribution in [0.3, 0.4) is 0 Å². The van der Waals surface area contributed by atoms with Crippen LogP contribution in [-0.2, 0) is 7.05 Å². The number of hydrogen-bond donors (Lipinski definition) is 2. The molecule has 1 aliphatic heterocycles. The molecule has 0 radical (unpaired) electrons. The molecule has 1 amide bonds. The Morgan fingerprint density at radius 1 is 1.32 bits per heavy atom. The van der Waals surface area contributed by atoms with Gasteiger partial charge < -0.3 is 26.3 Å². The maximum Gasteiger partial charge on any atom is 1.00 e. The van der Waals surface area contributed by atoms with Gasteiger partial charge in [0.05, 0.1) is 12.2 Å². The molecule has 31 heavy (non-hydrogen) atoms. The van der Waals surface area contributed by atoms with Gasteiger partial charge in [0.15, 0.2) is 0 Å². The summed E-state index contributed by atoms with van der Waals surface area (Å²) in [6.45, 7) is 9.21. The molecule has 1 fully saturated rings. The van der Waals surface area contributed by atoms with Crippen molar-refractivity contribution >= 4 is 17.3 Å². The molecule has 7 nitrogen and oxygen atoms in total. The third-order valence-corrected chi connectivity index (χ3v) is 5.03. The van der Waals surface area contributed by atoms with E-state index in [9.17, 15) is 4.79 Å². The number of hydrogen-bond acceptors (Lipinski definition) is 4. The van der Waals surface area contributed by atoms with Gasteiger partial charge in [0.25, 0.3) is 5.91 Å². The number of quaternary nitrogens is 1. The minimum absolute atomic E-state index is 0. The standard InChI is InChI=1S/C23H31N6O.K/c1-16(2)21-13-22(28(4)27-21)23(30)26-19-9-7-8-18(12-19)17(3)24-10-11-25-20-14-29(5,6)15-20;/h7-9,11-14,16-17,24H,15H2,1-6H3,(H,26,30);/q-1;+1. The van der Waals surface area contributed by atoms with Crippen molar-refractivity contribution in [3.8, 4) is 0 Å². The van der Waals surface area contributed by atoms with Crippen molar-refractivity contribution in [3.05, 3.63) is 66.2 Å². The van der Waals surface area contributed by atoms with Crippen molar-refractivity contribution in [2.45, 2.75) is 32.7 Å². The van der Waals surface area contributed by atoms with Crippen LogP contribution in [-0.4, -0.2) is 46.5 Å². The van der Waals surface area contributed by atoms with Crippen molar-refractivity contribution in [2.75, 3.05) is 26.0 Å². The topological polar surface area (TPSA) is 71.3 Å². The van der Waals surface area contributed by atoms with Gasteiger partial charge in [-0.15, -0.1) is 6.20 Å². The largest absolute Gasteiger partial charge is 1.00 e. The minimum atomic E-state index is -0.171. The molecule has 0 spiro atoms. The Morgan fingerprint density at radius 3 is 2.65 bits per heavy atom. The molecule has 1 unspecified atom stereocenters. The van der Waals surface area contributed by atoms with Gasteiger partial charge >= 0.3 is 51.4 Å². The Morgan fingerprint density at radius 2 is 2.03 bits per heavy atom. The van der Waals surface area contributed by atoms with Crippen LogP contribution in [0.15, 0.2) is 41.5 Å². The van der Waals surface area contributed by atoms with E-state index in [1.165, 1.54) is 0 Å². The van der Waals surface area contributed by atoms with Gasteiger partial charge in [-0.1, -0.05) is 26.0 Å². The molecule has 160 valence electrons. The van der Waals surface area contributed by atoms with Crippen LogP contribution in [0.5, 0.6) is 0 Å². The number of aromatic nitrogens is 2. The average Bonchev–Trinajstić information content (AvgIpc) is 3.06. The zero-order valence-electron chi connectivity index (χ0n) is 19.6. The number of rotatable bonds is 7. The first-order valence-electron chi connectivity index (χ1n) is 10.2. The Hall–Kier alpha value is -1.42. The average molecular weight is 447 g/mol. The summed E-state index contributed by atoms with van der Waals surface area (Å²) in [7, 11) is 6.06. The number of carbonyl (C=O) groups excluding carboxylic acids is 1. The van der Waals surface area contributed by atoms with Crippen molar-refractivity contribution in [2.24, 2.45) is 12.0 Å². The van der Waals surface area contributed by atoms with E-state index in [4.69, 9.17) is 0 Å². The normalized spacial score (nSPS) is 17.1.